The number of benzene rings is 2. The first-order valence-electron chi connectivity index (χ1n) is 7.73. The largest absolute Gasteiger partial charge is 0.350 e. The average Bonchev–Trinajstić information content (AvgIpc) is 2.60. The van der Waals surface area contributed by atoms with Gasteiger partial charge in [0.15, 0.2) is 4.77 Å². The number of nitrogens with zero attached hydrogens (tertiary/aromatic N) is 1. The molecule has 0 radical (unpaired) electrons. The van der Waals surface area contributed by atoms with Crippen molar-refractivity contribution in [3.8, 4) is 0 Å². The highest BCUT2D eigenvalue weighted by Gasteiger charge is 2.09. The molecule has 1 heterocycles. The molecule has 0 unspecified atom stereocenters. The minimum Gasteiger partial charge on any atom is -0.350 e. The van der Waals surface area contributed by atoms with Gasteiger partial charge in [0.25, 0.3) is 11.5 Å². The number of para-hydroxylation sites is 1. The van der Waals surface area contributed by atoms with Gasteiger partial charge in [0, 0.05) is 18.7 Å². The maximum absolute atomic E-state index is 13.5. The van der Waals surface area contributed by atoms with E-state index in [0.29, 0.717) is 21.2 Å². The van der Waals surface area contributed by atoms with Gasteiger partial charge in [-0.1, -0.05) is 18.2 Å². The summed E-state index contributed by atoms with van der Waals surface area (Å²) < 4.78 is 15.2. The molecule has 0 spiro atoms. The van der Waals surface area contributed by atoms with Crippen LogP contribution in [0.5, 0.6) is 0 Å². The zero-order chi connectivity index (χ0) is 18.0. The molecule has 2 N–H and O–H groups in total. The zero-order valence-electron chi connectivity index (χ0n) is 13.5. The van der Waals surface area contributed by atoms with Crippen LogP contribution in [0.3, 0.4) is 0 Å². The number of hydrogen-bond donors (Lipinski definition) is 2. The predicted molar refractivity (Wildman–Crippen MR) is 96.9 cm³/mol. The smallest absolute Gasteiger partial charge is 0.262 e. The van der Waals surface area contributed by atoms with E-state index in [-0.39, 0.29) is 24.2 Å². The Morgan fingerprint density at radius 3 is 2.80 bits per heavy atom. The Bertz CT molecular complexity index is 1070. The fourth-order valence-corrected chi connectivity index (χ4v) is 2.80. The fourth-order valence-electron chi connectivity index (χ4n) is 2.52. The van der Waals surface area contributed by atoms with E-state index in [4.69, 9.17) is 12.2 Å². The van der Waals surface area contributed by atoms with Gasteiger partial charge in [-0.2, -0.15) is 0 Å². The fraction of sp³-hybridized carbons (Fsp3) is 0.167. The highest BCUT2D eigenvalue weighted by Crippen LogP contribution is 2.09. The summed E-state index contributed by atoms with van der Waals surface area (Å²) in [5.41, 5.74) is 1.17. The van der Waals surface area contributed by atoms with Gasteiger partial charge in [0.2, 0.25) is 0 Å². The van der Waals surface area contributed by atoms with Crippen molar-refractivity contribution in [2.45, 2.75) is 13.5 Å². The highest BCUT2D eigenvalue weighted by molar-refractivity contribution is 7.71. The quantitative estimate of drug-likeness (QED) is 0.706. The number of halogens is 1. The van der Waals surface area contributed by atoms with Crippen LogP contribution in [0.25, 0.3) is 10.9 Å². The minimum atomic E-state index is -0.430. The number of nitrogens with one attached hydrogen (secondary N) is 2. The highest BCUT2D eigenvalue weighted by atomic mass is 32.1. The number of aryl methyl sites for hydroxylation is 1. The van der Waals surface area contributed by atoms with Gasteiger partial charge in [-0.05, 0) is 49.0 Å². The summed E-state index contributed by atoms with van der Waals surface area (Å²) in [6.07, 6.45) is 0. The molecule has 25 heavy (non-hydrogen) atoms. The lowest BCUT2D eigenvalue weighted by Gasteiger charge is -2.09. The van der Waals surface area contributed by atoms with Crippen molar-refractivity contribution in [1.82, 2.24) is 14.9 Å². The Balaban J connectivity index is 1.75. The molecule has 5 nitrogen and oxygen atoms in total. The molecule has 128 valence electrons. The summed E-state index contributed by atoms with van der Waals surface area (Å²) in [5.74, 6) is -0.830. The van der Waals surface area contributed by atoms with Gasteiger partial charge in [0.1, 0.15) is 5.82 Å². The van der Waals surface area contributed by atoms with Crippen molar-refractivity contribution < 1.29 is 9.18 Å². The lowest BCUT2D eigenvalue weighted by molar-refractivity contribution is 0.0951. The minimum absolute atomic E-state index is 0.198. The summed E-state index contributed by atoms with van der Waals surface area (Å²) in [4.78, 5) is 27.6. The second-order valence-electron chi connectivity index (χ2n) is 5.65. The molecule has 0 saturated carbocycles. The Hall–Kier alpha value is -2.80. The monoisotopic (exact) mass is 357 g/mol. The number of H-pyrrole nitrogens is 1. The Labute approximate surface area is 148 Å². The van der Waals surface area contributed by atoms with Crippen molar-refractivity contribution in [3.05, 3.63) is 74.5 Å². The van der Waals surface area contributed by atoms with E-state index in [9.17, 15) is 14.0 Å². The van der Waals surface area contributed by atoms with Crippen molar-refractivity contribution in [1.29, 1.82) is 0 Å². The summed E-state index contributed by atoms with van der Waals surface area (Å²) in [7, 11) is 0. The first-order valence-corrected chi connectivity index (χ1v) is 8.14. The van der Waals surface area contributed by atoms with E-state index in [1.165, 1.54) is 10.6 Å². The van der Waals surface area contributed by atoms with Crippen LogP contribution in [0.2, 0.25) is 0 Å². The third-order valence-corrected chi connectivity index (χ3v) is 4.27. The van der Waals surface area contributed by atoms with Gasteiger partial charge in [-0.3, -0.25) is 14.2 Å². The topological polar surface area (TPSA) is 66.9 Å². The lowest BCUT2D eigenvalue weighted by atomic mass is 10.1. The molecule has 7 heteroatoms. The Kier molecular flexibility index (Phi) is 4.76. The van der Waals surface area contributed by atoms with Crippen LogP contribution in [-0.2, 0) is 6.54 Å². The second-order valence-corrected chi connectivity index (χ2v) is 6.04. The number of carbonyl (C=O) groups is 1. The maximum Gasteiger partial charge on any atom is 0.262 e. The van der Waals surface area contributed by atoms with Gasteiger partial charge >= 0.3 is 0 Å². The number of rotatable bonds is 4. The first kappa shape index (κ1) is 17.0. The molecule has 3 rings (SSSR count). The summed E-state index contributed by atoms with van der Waals surface area (Å²) in [5, 5.41) is 3.20. The molecule has 0 aliphatic rings. The summed E-state index contributed by atoms with van der Waals surface area (Å²) in [6.45, 7) is 2.05. The molecular weight excluding hydrogens is 341 g/mol. The van der Waals surface area contributed by atoms with Gasteiger partial charge in [0.05, 0.1) is 10.9 Å². The lowest BCUT2D eigenvalue weighted by Crippen LogP contribution is -2.31. The van der Waals surface area contributed by atoms with Crippen LogP contribution in [0.1, 0.15) is 15.9 Å². The van der Waals surface area contributed by atoms with Crippen molar-refractivity contribution >= 4 is 29.0 Å². The third-order valence-electron chi connectivity index (χ3n) is 3.94. The van der Waals surface area contributed by atoms with Crippen LogP contribution in [-0.4, -0.2) is 22.0 Å². The standard InChI is InChI=1S/C18H16FN3O2S/c1-11-6-7-12(10-14(11)19)16(23)20-8-9-22-17(24)13-4-2-3-5-15(13)21-18(22)25/h2-7,10H,8-9H2,1H3,(H,20,23)(H,21,25). The number of fused-ring (bicyclic) bond motifs is 1. The number of carbonyl (C=O) groups excluding carboxylic acids is 1. The number of aromatic nitrogens is 2. The van der Waals surface area contributed by atoms with Crippen LogP contribution < -0.4 is 10.9 Å². The van der Waals surface area contributed by atoms with Crippen molar-refractivity contribution in [2.24, 2.45) is 0 Å². The van der Waals surface area contributed by atoms with Gasteiger partial charge in [-0.15, -0.1) is 0 Å². The molecule has 0 fully saturated rings. The maximum atomic E-state index is 13.5. The summed E-state index contributed by atoms with van der Waals surface area (Å²) >= 11 is 5.22. The van der Waals surface area contributed by atoms with E-state index in [1.54, 1.807) is 37.3 Å². The van der Waals surface area contributed by atoms with Crippen molar-refractivity contribution in [2.75, 3.05) is 6.54 Å². The molecule has 0 aliphatic carbocycles. The van der Waals surface area contributed by atoms with Crippen molar-refractivity contribution in [3.63, 3.8) is 0 Å². The van der Waals surface area contributed by atoms with Crippen LogP contribution in [0.4, 0.5) is 4.39 Å². The first-order chi connectivity index (χ1) is 12.0. The SMILES string of the molecule is Cc1ccc(C(=O)NCCn2c(=S)[nH]c3ccccc3c2=O)cc1F. The Morgan fingerprint density at radius 1 is 1.28 bits per heavy atom. The number of hydrogen-bond acceptors (Lipinski definition) is 3. The molecule has 2 aromatic carbocycles. The van der Waals surface area contributed by atoms with Crippen LogP contribution >= 0.6 is 12.2 Å². The molecule has 1 aromatic heterocycles. The molecule has 0 atom stereocenters. The molecule has 1 amide bonds. The van der Waals surface area contributed by atoms with E-state index >= 15 is 0 Å². The van der Waals surface area contributed by atoms with Gasteiger partial charge < -0.3 is 10.3 Å². The average molecular weight is 357 g/mol. The second kappa shape index (κ2) is 6.98. The van der Waals surface area contributed by atoms with Gasteiger partial charge in [-0.25, -0.2) is 4.39 Å². The molecule has 0 bridgehead atoms. The van der Waals surface area contributed by atoms with E-state index in [1.807, 2.05) is 6.07 Å². The molecule has 3 aromatic rings. The van der Waals surface area contributed by atoms with Crippen LogP contribution in [0, 0.1) is 17.5 Å². The molecule has 0 aliphatic heterocycles. The third kappa shape index (κ3) is 3.51. The van der Waals surface area contributed by atoms with Crippen LogP contribution in [0.15, 0.2) is 47.3 Å². The van der Waals surface area contributed by atoms with E-state index < -0.39 is 11.7 Å². The number of amides is 1. The molecular formula is C18H16FN3O2S. The summed E-state index contributed by atoms with van der Waals surface area (Å²) in [6, 6.07) is 11.4. The van der Waals surface area contributed by atoms with E-state index in [0.717, 1.165) is 0 Å². The molecule has 0 saturated heterocycles. The Morgan fingerprint density at radius 2 is 2.04 bits per heavy atom. The van der Waals surface area contributed by atoms with E-state index in [2.05, 4.69) is 10.3 Å². The predicted octanol–water partition coefficient (Wildman–Crippen LogP) is 2.94. The normalized spacial score (nSPS) is 10.8. The zero-order valence-corrected chi connectivity index (χ0v) is 14.3. The number of aromatic amines is 1.